The van der Waals surface area contributed by atoms with E-state index in [0.717, 1.165) is 0 Å². The molecule has 5 heteroatoms. The largest absolute Gasteiger partial charge is 0.478 e. The number of nitrogens with two attached hydrogens (primary N) is 1. The van der Waals surface area contributed by atoms with E-state index in [0.29, 0.717) is 24.2 Å². The number of aromatic carboxylic acids is 1. The number of hydrogen-bond acceptors (Lipinski definition) is 3. The van der Waals surface area contributed by atoms with Crippen molar-refractivity contribution >= 4 is 17.6 Å². The van der Waals surface area contributed by atoms with Gasteiger partial charge >= 0.3 is 5.97 Å². The van der Waals surface area contributed by atoms with Crippen molar-refractivity contribution in [2.45, 2.75) is 19.4 Å². The van der Waals surface area contributed by atoms with Crippen LogP contribution >= 0.6 is 0 Å². The number of nitrogens with zero attached hydrogens (tertiary/aromatic N) is 1. The average Bonchev–Trinajstić information content (AvgIpc) is 2.57. The molecule has 90 valence electrons. The van der Waals surface area contributed by atoms with Gasteiger partial charge in [0, 0.05) is 24.7 Å². The van der Waals surface area contributed by atoms with Crippen LogP contribution in [0.1, 0.15) is 22.3 Å². The first-order valence-electron chi connectivity index (χ1n) is 5.39. The van der Waals surface area contributed by atoms with Gasteiger partial charge < -0.3 is 15.7 Å². The predicted octanol–water partition coefficient (Wildman–Crippen LogP) is 0.757. The highest BCUT2D eigenvalue weighted by Crippen LogP contribution is 2.26. The average molecular weight is 234 g/mol. The Labute approximate surface area is 98.8 Å². The Morgan fingerprint density at radius 3 is 2.76 bits per heavy atom. The Kier molecular flexibility index (Phi) is 2.85. The van der Waals surface area contributed by atoms with Crippen molar-refractivity contribution in [2.24, 2.45) is 5.73 Å². The smallest absolute Gasteiger partial charge is 0.336 e. The summed E-state index contributed by atoms with van der Waals surface area (Å²) in [4.78, 5) is 24.3. The quantitative estimate of drug-likeness (QED) is 0.791. The molecule has 1 unspecified atom stereocenters. The molecule has 0 aliphatic carbocycles. The van der Waals surface area contributed by atoms with Crippen molar-refractivity contribution in [1.29, 1.82) is 0 Å². The van der Waals surface area contributed by atoms with Gasteiger partial charge in [0.05, 0.1) is 5.56 Å². The van der Waals surface area contributed by atoms with Crippen LogP contribution in [-0.2, 0) is 4.79 Å². The standard InChI is InChI=1S/C12H14N2O3/c1-7-9(12(16)17)3-2-4-10(7)14-6-8(13)5-11(14)15/h2-4,8H,5-6,13H2,1H3,(H,16,17). The number of carbonyl (C=O) groups excluding carboxylic acids is 1. The highest BCUT2D eigenvalue weighted by atomic mass is 16.4. The Morgan fingerprint density at radius 1 is 1.53 bits per heavy atom. The van der Waals surface area contributed by atoms with Crippen LogP contribution in [0.15, 0.2) is 18.2 Å². The first-order valence-corrected chi connectivity index (χ1v) is 5.39. The van der Waals surface area contributed by atoms with Crippen LogP contribution in [0.5, 0.6) is 0 Å². The lowest BCUT2D eigenvalue weighted by atomic mass is 10.1. The van der Waals surface area contributed by atoms with Crippen LogP contribution in [0.3, 0.4) is 0 Å². The second-order valence-corrected chi connectivity index (χ2v) is 4.22. The summed E-state index contributed by atoms with van der Waals surface area (Å²) in [6.07, 6.45) is 0.316. The molecule has 5 nitrogen and oxygen atoms in total. The molecule has 1 aromatic rings. The fourth-order valence-corrected chi connectivity index (χ4v) is 2.12. The maximum absolute atomic E-state index is 11.7. The summed E-state index contributed by atoms with van der Waals surface area (Å²) in [6, 6.07) is 4.75. The van der Waals surface area contributed by atoms with Crippen LogP contribution in [0.25, 0.3) is 0 Å². The number of carbonyl (C=O) groups is 2. The third-order valence-corrected chi connectivity index (χ3v) is 2.98. The van der Waals surface area contributed by atoms with E-state index in [-0.39, 0.29) is 17.5 Å². The van der Waals surface area contributed by atoms with E-state index in [4.69, 9.17) is 10.8 Å². The Balaban J connectivity index is 2.43. The third-order valence-electron chi connectivity index (χ3n) is 2.98. The van der Waals surface area contributed by atoms with E-state index < -0.39 is 5.97 Å². The van der Waals surface area contributed by atoms with Crippen molar-refractivity contribution in [3.8, 4) is 0 Å². The van der Waals surface area contributed by atoms with Gasteiger partial charge in [-0.3, -0.25) is 4.79 Å². The van der Waals surface area contributed by atoms with Crippen LogP contribution in [-0.4, -0.2) is 29.6 Å². The number of carboxylic acids is 1. The minimum absolute atomic E-state index is 0.0526. The Bertz CT molecular complexity index is 485. The van der Waals surface area contributed by atoms with Gasteiger partial charge in [-0.25, -0.2) is 4.79 Å². The zero-order valence-electron chi connectivity index (χ0n) is 9.51. The second-order valence-electron chi connectivity index (χ2n) is 4.22. The summed E-state index contributed by atoms with van der Waals surface area (Å²) >= 11 is 0. The molecule has 1 fully saturated rings. The number of rotatable bonds is 2. The van der Waals surface area contributed by atoms with E-state index in [1.807, 2.05) is 0 Å². The van der Waals surface area contributed by atoms with Crippen LogP contribution in [0, 0.1) is 6.92 Å². The summed E-state index contributed by atoms with van der Waals surface area (Å²) in [5.74, 6) is -1.04. The maximum Gasteiger partial charge on any atom is 0.336 e. The summed E-state index contributed by atoms with van der Waals surface area (Å²) in [5.41, 5.74) is 7.18. The fourth-order valence-electron chi connectivity index (χ4n) is 2.12. The van der Waals surface area contributed by atoms with E-state index in [9.17, 15) is 9.59 Å². The van der Waals surface area contributed by atoms with Gasteiger partial charge in [-0.1, -0.05) is 6.07 Å². The third kappa shape index (κ3) is 2.01. The van der Waals surface area contributed by atoms with Gasteiger partial charge in [0.2, 0.25) is 5.91 Å². The lowest BCUT2D eigenvalue weighted by Gasteiger charge is -2.19. The van der Waals surface area contributed by atoms with Gasteiger partial charge in [-0.15, -0.1) is 0 Å². The number of benzene rings is 1. The zero-order valence-corrected chi connectivity index (χ0v) is 9.51. The maximum atomic E-state index is 11.7. The highest BCUT2D eigenvalue weighted by Gasteiger charge is 2.29. The van der Waals surface area contributed by atoms with Gasteiger partial charge in [-0.2, -0.15) is 0 Å². The lowest BCUT2D eigenvalue weighted by molar-refractivity contribution is -0.117. The number of hydrogen-bond donors (Lipinski definition) is 2. The van der Waals surface area contributed by atoms with Crippen molar-refractivity contribution in [2.75, 3.05) is 11.4 Å². The molecule has 1 aromatic carbocycles. The van der Waals surface area contributed by atoms with E-state index >= 15 is 0 Å². The van der Waals surface area contributed by atoms with Gasteiger partial charge in [0.25, 0.3) is 0 Å². The molecule has 1 aliphatic heterocycles. The number of carboxylic acid groups (broad SMARTS) is 1. The topological polar surface area (TPSA) is 83.6 Å². The molecule has 0 spiro atoms. The highest BCUT2D eigenvalue weighted by molar-refractivity contribution is 5.99. The fraction of sp³-hybridized carbons (Fsp3) is 0.333. The minimum atomic E-state index is -0.986. The Morgan fingerprint density at radius 2 is 2.24 bits per heavy atom. The van der Waals surface area contributed by atoms with Crippen LogP contribution in [0.4, 0.5) is 5.69 Å². The second kappa shape index (κ2) is 4.18. The summed E-state index contributed by atoms with van der Waals surface area (Å²) in [6.45, 7) is 2.15. The first-order chi connectivity index (χ1) is 8.00. The van der Waals surface area contributed by atoms with E-state index in [1.54, 1.807) is 24.0 Å². The Hall–Kier alpha value is -1.88. The summed E-state index contributed by atoms with van der Waals surface area (Å²) in [5, 5.41) is 9.02. The molecule has 0 saturated carbocycles. The van der Waals surface area contributed by atoms with Gasteiger partial charge in [0.15, 0.2) is 0 Å². The molecule has 17 heavy (non-hydrogen) atoms. The molecular formula is C12H14N2O3. The van der Waals surface area contributed by atoms with E-state index in [1.165, 1.54) is 6.07 Å². The minimum Gasteiger partial charge on any atom is -0.478 e. The normalized spacial score (nSPS) is 19.8. The summed E-state index contributed by atoms with van der Waals surface area (Å²) < 4.78 is 0. The molecule has 1 aliphatic rings. The molecule has 0 aromatic heterocycles. The molecule has 1 atom stereocenters. The number of anilines is 1. The molecule has 1 heterocycles. The van der Waals surface area contributed by atoms with Crippen molar-refractivity contribution in [3.05, 3.63) is 29.3 Å². The lowest BCUT2D eigenvalue weighted by Crippen LogP contribution is -2.28. The van der Waals surface area contributed by atoms with Crippen molar-refractivity contribution < 1.29 is 14.7 Å². The van der Waals surface area contributed by atoms with Crippen LogP contribution < -0.4 is 10.6 Å². The van der Waals surface area contributed by atoms with E-state index in [2.05, 4.69) is 0 Å². The summed E-state index contributed by atoms with van der Waals surface area (Å²) in [7, 11) is 0. The number of amides is 1. The predicted molar refractivity (Wildman–Crippen MR) is 63.1 cm³/mol. The monoisotopic (exact) mass is 234 g/mol. The molecule has 3 N–H and O–H groups in total. The molecular weight excluding hydrogens is 220 g/mol. The SMILES string of the molecule is Cc1c(C(=O)O)cccc1N1CC(N)CC1=O. The molecule has 1 saturated heterocycles. The molecule has 0 radical (unpaired) electrons. The van der Waals surface area contributed by atoms with Gasteiger partial charge in [0.1, 0.15) is 0 Å². The molecule has 1 amide bonds. The van der Waals surface area contributed by atoms with Crippen molar-refractivity contribution in [1.82, 2.24) is 0 Å². The first kappa shape index (κ1) is 11.6. The van der Waals surface area contributed by atoms with Crippen molar-refractivity contribution in [3.63, 3.8) is 0 Å². The van der Waals surface area contributed by atoms with Crippen LogP contribution in [0.2, 0.25) is 0 Å². The van der Waals surface area contributed by atoms with Gasteiger partial charge in [-0.05, 0) is 24.6 Å². The molecule has 0 bridgehead atoms. The molecule has 2 rings (SSSR count). The zero-order chi connectivity index (χ0) is 12.6.